The van der Waals surface area contributed by atoms with Gasteiger partial charge in [-0.05, 0) is 73.5 Å². The molecule has 7 nitrogen and oxygen atoms in total. The van der Waals surface area contributed by atoms with Crippen molar-refractivity contribution in [1.29, 1.82) is 0 Å². The molecule has 0 bridgehead atoms. The van der Waals surface area contributed by atoms with Crippen LogP contribution in [0.25, 0.3) is 45.1 Å². The number of hydrogen-bond acceptors (Lipinski definition) is 7. The molecule has 6 aromatic rings. The van der Waals surface area contributed by atoms with Crippen LogP contribution in [0.4, 0.5) is 0 Å². The Balaban J connectivity index is 1.11. The largest absolute Gasteiger partial charge is 0.743 e. The molecule has 9 heteroatoms. The zero-order valence-electron chi connectivity index (χ0n) is 20.2. The quantitative estimate of drug-likeness (QED) is 0.169. The lowest BCUT2D eigenvalue weighted by molar-refractivity contribution is 0.417. The van der Waals surface area contributed by atoms with E-state index in [0.29, 0.717) is 23.3 Å². The first-order chi connectivity index (χ1) is 18.1. The minimum atomic E-state index is -0.807. The van der Waals surface area contributed by atoms with E-state index in [2.05, 4.69) is 9.97 Å². The van der Waals surface area contributed by atoms with Gasteiger partial charge in [0.05, 0.1) is 22.6 Å². The number of aromatic nitrogens is 2. The highest BCUT2D eigenvalue weighted by atomic mass is 27.3. The van der Waals surface area contributed by atoms with Crippen LogP contribution in [0.1, 0.15) is 11.1 Å². The fraction of sp³-hybridized carbons (Fsp3) is 0.0714. The maximum atomic E-state index is 5.99. The lowest BCUT2D eigenvalue weighted by atomic mass is 10.2. The van der Waals surface area contributed by atoms with Crippen LogP contribution in [-0.4, -0.2) is 41.7 Å². The zero-order chi connectivity index (χ0) is 25.2. The lowest BCUT2D eigenvalue weighted by Gasteiger charge is -2.12. The van der Waals surface area contributed by atoms with Crippen molar-refractivity contribution in [3.05, 3.63) is 96.1 Å². The van der Waals surface area contributed by atoms with Crippen LogP contribution in [0.3, 0.4) is 0 Å². The van der Waals surface area contributed by atoms with Crippen molar-refractivity contribution in [1.82, 2.24) is 9.97 Å². The Bertz CT molecular complexity index is 1590. The summed E-state index contributed by atoms with van der Waals surface area (Å²) < 4.78 is 29.7. The molecule has 0 aliphatic carbocycles. The Labute approximate surface area is 226 Å². The average Bonchev–Trinajstić information content (AvgIpc) is 3.52. The van der Waals surface area contributed by atoms with Gasteiger partial charge in [-0.25, -0.2) is 9.97 Å². The fourth-order valence-electron chi connectivity index (χ4n) is 3.98. The third kappa shape index (κ3) is 5.15. The van der Waals surface area contributed by atoms with Crippen molar-refractivity contribution in [3.63, 3.8) is 0 Å². The van der Waals surface area contributed by atoms with E-state index >= 15 is 0 Å². The maximum Gasteiger partial charge on any atom is 0.743 e. The van der Waals surface area contributed by atoms with Gasteiger partial charge in [0.2, 0.25) is 11.8 Å². The summed E-state index contributed by atoms with van der Waals surface area (Å²) in [6.45, 7) is 4.06. The first-order valence-corrected chi connectivity index (χ1v) is 13.6. The van der Waals surface area contributed by atoms with Gasteiger partial charge in [-0.15, -0.1) is 0 Å². The monoisotopic (exact) mass is 518 g/mol. The highest BCUT2D eigenvalue weighted by Crippen LogP contribution is 2.33. The van der Waals surface area contributed by atoms with Crippen molar-refractivity contribution >= 4 is 54.0 Å². The van der Waals surface area contributed by atoms with E-state index in [1.165, 1.54) is 0 Å². The van der Waals surface area contributed by atoms with Crippen LogP contribution in [0.5, 0.6) is 11.5 Å². The lowest BCUT2D eigenvalue weighted by Crippen LogP contribution is -2.16. The molecule has 0 aliphatic heterocycles. The van der Waals surface area contributed by atoms with Crippen LogP contribution >= 0.6 is 0 Å². The van der Waals surface area contributed by atoms with Crippen LogP contribution in [0, 0.1) is 13.8 Å². The summed E-state index contributed by atoms with van der Waals surface area (Å²) in [6.07, 6.45) is 0. The molecule has 0 aliphatic rings. The van der Waals surface area contributed by atoms with Gasteiger partial charge in [0, 0.05) is 0 Å². The first kappa shape index (κ1) is 23.8. The number of hydrogen-bond donors (Lipinski definition) is 0. The number of para-hydroxylation sites is 2. The maximum absolute atomic E-state index is 5.99. The minimum absolute atomic E-state index is 0.515. The minimum Gasteiger partial charge on any atom is -0.627 e. The Morgan fingerprint density at radius 3 is 1.54 bits per heavy atom. The van der Waals surface area contributed by atoms with Gasteiger partial charge in [0.1, 0.15) is 11.0 Å². The summed E-state index contributed by atoms with van der Waals surface area (Å²) >= 11 is -1.61. The molecule has 0 atom stereocenters. The van der Waals surface area contributed by atoms with E-state index in [9.17, 15) is 0 Å². The molecular formula is C28H20Al2N2O5. The van der Waals surface area contributed by atoms with E-state index in [1.54, 1.807) is 0 Å². The van der Waals surface area contributed by atoms with E-state index < -0.39 is 31.8 Å². The number of nitrogens with zero attached hydrogens (tertiary/aromatic N) is 2. The number of aryl methyl sites for hydroxylation is 2. The van der Waals surface area contributed by atoms with Gasteiger partial charge in [-0.3, -0.25) is 0 Å². The number of rotatable bonds is 8. The molecule has 178 valence electrons. The predicted octanol–water partition coefficient (Wildman–Crippen LogP) is 6.46. The SMILES string of the molecule is Cc1ccc2oc(-c3ccccc3[O][Al][O][Al][O]c3ccccc3-c3nc4cc(C)ccc4o3)nc2c1. The average molecular weight is 518 g/mol. The molecule has 0 unspecified atom stereocenters. The van der Waals surface area contributed by atoms with Crippen molar-refractivity contribution in [3.8, 4) is 34.4 Å². The molecule has 4 aromatic carbocycles. The van der Waals surface area contributed by atoms with Crippen LogP contribution in [0.15, 0.2) is 93.8 Å². The summed E-state index contributed by atoms with van der Waals surface area (Å²) in [6, 6.07) is 27.2. The molecule has 2 radical (unpaired) electrons. The Morgan fingerprint density at radius 2 is 1.05 bits per heavy atom. The van der Waals surface area contributed by atoms with Gasteiger partial charge in [0.15, 0.2) is 11.2 Å². The van der Waals surface area contributed by atoms with Crippen molar-refractivity contribution in [2.45, 2.75) is 13.8 Å². The number of benzene rings is 4. The van der Waals surface area contributed by atoms with Crippen molar-refractivity contribution in [2.75, 3.05) is 0 Å². The molecule has 0 N–H and O–H groups in total. The summed E-state index contributed by atoms with van der Waals surface area (Å²) in [5.74, 6) is 2.34. The van der Waals surface area contributed by atoms with E-state index in [1.807, 2.05) is 98.8 Å². The third-order valence-electron chi connectivity index (χ3n) is 5.78. The molecule has 0 saturated carbocycles. The molecule has 0 saturated heterocycles. The topological polar surface area (TPSA) is 79.8 Å². The predicted molar refractivity (Wildman–Crippen MR) is 142 cm³/mol. The second-order valence-corrected chi connectivity index (χ2v) is 10.5. The van der Waals surface area contributed by atoms with Gasteiger partial charge >= 0.3 is 31.8 Å². The molecule has 6 rings (SSSR count). The van der Waals surface area contributed by atoms with Crippen LogP contribution < -0.4 is 7.58 Å². The molecular weight excluding hydrogens is 498 g/mol. The Morgan fingerprint density at radius 1 is 0.595 bits per heavy atom. The summed E-state index contributed by atoms with van der Waals surface area (Å²) in [7, 11) is 0. The molecule has 2 heterocycles. The van der Waals surface area contributed by atoms with Gasteiger partial charge in [-0.1, -0.05) is 36.4 Å². The normalized spacial score (nSPS) is 11.1. The van der Waals surface area contributed by atoms with Crippen molar-refractivity contribution in [2.24, 2.45) is 0 Å². The fourth-order valence-corrected chi connectivity index (χ4v) is 5.22. The standard InChI is InChI=1S/2C14H11NO2.2Al.O/c2*1-9-6-7-13-11(8-9)15-14(17-13)10-4-2-3-5-12(10)16;;;/h2*2-8,16H,1H3;;;/q;;2*+1;/p-2. The number of oxazole rings is 2. The van der Waals surface area contributed by atoms with Gasteiger partial charge in [-0.2, -0.15) is 0 Å². The van der Waals surface area contributed by atoms with Gasteiger partial charge < -0.3 is 19.3 Å². The number of fused-ring (bicyclic) bond motifs is 2. The Hall–Kier alpha value is -3.56. The van der Waals surface area contributed by atoms with Crippen LogP contribution in [0.2, 0.25) is 0 Å². The molecule has 0 fully saturated rings. The third-order valence-corrected chi connectivity index (χ3v) is 7.37. The van der Waals surface area contributed by atoms with Crippen molar-refractivity contribution < 1.29 is 19.3 Å². The summed E-state index contributed by atoms with van der Waals surface area (Å²) in [4.78, 5) is 9.27. The molecule has 0 amide bonds. The van der Waals surface area contributed by atoms with Gasteiger partial charge in [0.25, 0.3) is 0 Å². The highest BCUT2D eigenvalue weighted by molar-refractivity contribution is 6.35. The molecule has 2 aromatic heterocycles. The van der Waals surface area contributed by atoms with E-state index in [4.69, 9.17) is 19.3 Å². The summed E-state index contributed by atoms with van der Waals surface area (Å²) in [5, 5.41) is 0. The second-order valence-electron chi connectivity index (χ2n) is 8.54. The Kier molecular flexibility index (Phi) is 6.72. The smallest absolute Gasteiger partial charge is 0.627 e. The van der Waals surface area contributed by atoms with E-state index in [-0.39, 0.29) is 0 Å². The highest BCUT2D eigenvalue weighted by Gasteiger charge is 2.17. The van der Waals surface area contributed by atoms with Crippen LogP contribution in [-0.2, 0) is 2.84 Å². The first-order valence-electron chi connectivity index (χ1n) is 11.7. The second kappa shape index (κ2) is 10.4. The zero-order valence-corrected chi connectivity index (χ0v) is 22.5. The summed E-state index contributed by atoms with van der Waals surface area (Å²) in [5.41, 5.74) is 6.93. The van der Waals surface area contributed by atoms with E-state index in [0.717, 1.165) is 44.5 Å². The molecule has 0 spiro atoms. The molecule has 37 heavy (non-hydrogen) atoms.